The fourth-order valence-electron chi connectivity index (χ4n) is 5.28. The van der Waals surface area contributed by atoms with Crippen LogP contribution in [-0.4, -0.2) is 90.4 Å². The molecular formula is C45H48N6O12. The molecule has 0 bridgehead atoms. The summed E-state index contributed by atoms with van der Waals surface area (Å²) >= 11 is 0. The lowest BCUT2D eigenvalue weighted by atomic mass is 10.1. The molecule has 63 heavy (non-hydrogen) atoms. The lowest BCUT2D eigenvalue weighted by Gasteiger charge is -2.12. The summed E-state index contributed by atoms with van der Waals surface area (Å²) in [4.78, 5) is 88.6. The van der Waals surface area contributed by atoms with Crippen molar-refractivity contribution in [1.82, 2.24) is 15.0 Å². The first-order chi connectivity index (χ1) is 30.4. The highest BCUT2D eigenvalue weighted by molar-refractivity contribution is 6.19. The highest BCUT2D eigenvalue weighted by atomic mass is 16.6. The van der Waals surface area contributed by atoms with E-state index in [1.807, 2.05) is 0 Å². The Morgan fingerprint density at radius 1 is 0.365 bits per heavy atom. The fraction of sp³-hybridized carbons (Fsp3) is 0.267. The van der Waals surface area contributed by atoms with E-state index in [1.165, 1.54) is 18.2 Å². The smallest absolute Gasteiger partial charge is 0.345 e. The number of hydrogen-bond acceptors (Lipinski definition) is 18. The summed E-state index contributed by atoms with van der Waals surface area (Å²) in [6, 6.07) is 20.1. The minimum atomic E-state index is -0.809. The maximum Gasteiger partial charge on any atom is 0.345 e. The number of esters is 6. The van der Waals surface area contributed by atoms with E-state index in [0.29, 0.717) is 33.8 Å². The molecule has 0 spiro atoms. The van der Waals surface area contributed by atoms with Gasteiger partial charge in [0.25, 0.3) is 0 Å². The summed E-state index contributed by atoms with van der Waals surface area (Å²) in [5.74, 6) is -4.52. The molecule has 18 nitrogen and oxygen atoms in total. The number of hydrogen-bond donors (Lipinski definition) is 3. The number of benzene rings is 3. The highest BCUT2D eigenvalue weighted by Gasteiger charge is 2.23. The van der Waals surface area contributed by atoms with Crippen molar-refractivity contribution in [2.75, 3.05) is 55.6 Å². The van der Waals surface area contributed by atoms with Gasteiger partial charge in [-0.25, -0.2) is 28.8 Å². The third-order valence-corrected chi connectivity index (χ3v) is 8.04. The van der Waals surface area contributed by atoms with Gasteiger partial charge in [0.2, 0.25) is 17.8 Å². The molecule has 4 rings (SSSR count). The zero-order valence-corrected chi connectivity index (χ0v) is 35.6. The Balaban J connectivity index is 1.67. The number of aromatic nitrogens is 3. The molecule has 0 radical (unpaired) electrons. The Hall–Kier alpha value is -7.89. The van der Waals surface area contributed by atoms with Gasteiger partial charge >= 0.3 is 35.8 Å². The maximum absolute atomic E-state index is 12.5. The fourth-order valence-corrected chi connectivity index (χ4v) is 5.28. The van der Waals surface area contributed by atoms with Crippen molar-refractivity contribution in [1.29, 1.82) is 0 Å². The molecule has 330 valence electrons. The topological polar surface area (TPSA) is 233 Å². The second-order valence-electron chi connectivity index (χ2n) is 12.5. The van der Waals surface area contributed by atoms with E-state index in [9.17, 15) is 28.8 Å². The second kappa shape index (κ2) is 24.4. The number of ether oxygens (including phenoxy) is 6. The van der Waals surface area contributed by atoms with Gasteiger partial charge in [0.05, 0.1) is 39.6 Å². The van der Waals surface area contributed by atoms with Gasteiger partial charge in [0, 0.05) is 17.1 Å². The molecule has 1 aromatic heterocycles. The number of nitrogens with zero attached hydrogens (tertiary/aromatic N) is 3. The van der Waals surface area contributed by atoms with Crippen molar-refractivity contribution in [3.63, 3.8) is 0 Å². The van der Waals surface area contributed by atoms with E-state index in [0.717, 1.165) is 0 Å². The van der Waals surface area contributed by atoms with Gasteiger partial charge in [0.15, 0.2) is 0 Å². The molecule has 0 atom stereocenters. The first-order valence-corrected chi connectivity index (χ1v) is 20.0. The third kappa shape index (κ3) is 14.7. The van der Waals surface area contributed by atoms with E-state index < -0.39 is 35.8 Å². The molecule has 0 aliphatic carbocycles. The first-order valence-electron chi connectivity index (χ1n) is 20.0. The molecule has 18 heteroatoms. The Kier molecular flexibility index (Phi) is 18.5. The molecule has 0 unspecified atom stereocenters. The van der Waals surface area contributed by atoms with E-state index >= 15 is 0 Å². The molecule has 0 saturated heterocycles. The van der Waals surface area contributed by atoms with Gasteiger partial charge in [0.1, 0.15) is 16.7 Å². The van der Waals surface area contributed by atoms with Crippen LogP contribution < -0.4 is 16.0 Å². The molecule has 1 heterocycles. The number of carbonyl (C=O) groups is 6. The van der Waals surface area contributed by atoms with Crippen molar-refractivity contribution < 1.29 is 57.2 Å². The van der Waals surface area contributed by atoms with E-state index in [-0.39, 0.29) is 74.2 Å². The van der Waals surface area contributed by atoms with Crippen LogP contribution in [0.3, 0.4) is 0 Å². The van der Waals surface area contributed by atoms with Gasteiger partial charge < -0.3 is 44.4 Å². The minimum Gasteiger partial charge on any atom is -0.462 e. The van der Waals surface area contributed by atoms with Gasteiger partial charge in [-0.05, 0) is 113 Å². The summed E-state index contributed by atoms with van der Waals surface area (Å²) in [5, 5.41) is 9.39. The van der Waals surface area contributed by atoms with Crippen molar-refractivity contribution in [3.05, 3.63) is 106 Å². The van der Waals surface area contributed by atoms with Gasteiger partial charge in [-0.3, -0.25) is 0 Å². The Bertz CT molecular complexity index is 2010. The molecule has 0 aliphatic rings. The zero-order chi connectivity index (χ0) is 45.7. The van der Waals surface area contributed by atoms with E-state index in [4.69, 9.17) is 28.4 Å². The molecule has 4 aromatic rings. The van der Waals surface area contributed by atoms with Crippen molar-refractivity contribution in [3.8, 4) is 0 Å². The van der Waals surface area contributed by atoms with E-state index in [1.54, 1.807) is 114 Å². The number of nitrogens with one attached hydrogen (secondary N) is 3. The summed E-state index contributed by atoms with van der Waals surface area (Å²) < 4.78 is 30.2. The van der Waals surface area contributed by atoms with Crippen LogP contribution >= 0.6 is 0 Å². The van der Waals surface area contributed by atoms with Crippen molar-refractivity contribution in [2.45, 2.75) is 41.5 Å². The number of rotatable bonds is 21. The molecule has 3 aromatic carbocycles. The number of anilines is 6. The lowest BCUT2D eigenvalue weighted by molar-refractivity contribution is -0.148. The third-order valence-electron chi connectivity index (χ3n) is 8.04. The normalized spacial score (nSPS) is 10.2. The van der Waals surface area contributed by atoms with Crippen LogP contribution in [0.25, 0.3) is 18.2 Å². The number of carbonyl (C=O) groups excluding carboxylic acids is 6. The quantitative estimate of drug-likeness (QED) is 0.0262. The van der Waals surface area contributed by atoms with Crippen molar-refractivity contribution >= 4 is 89.0 Å². The SMILES string of the molecule is CCOC(=O)C(=Cc1ccc(Nc2nc(Nc3ccc(C=C(C(=O)OCC)C(=O)OCC)cc3)nc(Nc3ccc(C=C(C(=O)OCC)C(=O)OCC)cc3)n2)cc1)C(=O)OCC. The first kappa shape index (κ1) is 47.8. The zero-order valence-electron chi connectivity index (χ0n) is 35.6. The molecule has 0 saturated carbocycles. The highest BCUT2D eigenvalue weighted by Crippen LogP contribution is 2.24. The van der Waals surface area contributed by atoms with Crippen LogP contribution in [0, 0.1) is 0 Å². The predicted molar refractivity (Wildman–Crippen MR) is 233 cm³/mol. The molecule has 3 N–H and O–H groups in total. The van der Waals surface area contributed by atoms with E-state index in [2.05, 4.69) is 30.9 Å². The molecular weight excluding hydrogens is 817 g/mol. The van der Waals surface area contributed by atoms with Crippen LogP contribution in [0.2, 0.25) is 0 Å². The Labute approximate surface area is 363 Å². The summed E-state index contributed by atoms with van der Waals surface area (Å²) in [6.45, 7) is 10.2. The monoisotopic (exact) mass is 864 g/mol. The van der Waals surface area contributed by atoms with Crippen LogP contribution in [-0.2, 0) is 57.2 Å². The van der Waals surface area contributed by atoms with Gasteiger partial charge in [-0.15, -0.1) is 0 Å². The van der Waals surface area contributed by atoms with Gasteiger partial charge in [-0.2, -0.15) is 15.0 Å². The maximum atomic E-state index is 12.5. The molecule has 0 aliphatic heterocycles. The van der Waals surface area contributed by atoms with Crippen LogP contribution in [0.5, 0.6) is 0 Å². The largest absolute Gasteiger partial charge is 0.462 e. The Morgan fingerprint density at radius 3 is 0.730 bits per heavy atom. The second-order valence-corrected chi connectivity index (χ2v) is 12.5. The minimum absolute atomic E-state index is 0.0769. The van der Waals surface area contributed by atoms with Crippen molar-refractivity contribution in [2.24, 2.45) is 0 Å². The average molecular weight is 865 g/mol. The van der Waals surface area contributed by atoms with Crippen LogP contribution in [0.1, 0.15) is 58.2 Å². The standard InChI is InChI=1S/C45H48N6O12/c1-7-58-37(52)34(38(53)59-8-2)25-28-13-19-31(20-14-28)46-43-49-44(47-32-21-15-29(16-22-32)26-35(39(54)60-9-3)40(55)61-10-4)51-45(50-43)48-33-23-17-30(18-24-33)27-36(41(56)62-11-5)42(57)63-12-6/h13-27H,7-12H2,1-6H3,(H3,46,47,48,49,50,51). The van der Waals surface area contributed by atoms with Crippen LogP contribution in [0.15, 0.2) is 89.5 Å². The summed E-state index contributed by atoms with van der Waals surface area (Å²) in [6.07, 6.45) is 4.12. The molecule has 0 fully saturated rings. The summed E-state index contributed by atoms with van der Waals surface area (Å²) in [5.41, 5.74) is 2.39. The summed E-state index contributed by atoms with van der Waals surface area (Å²) in [7, 11) is 0. The lowest BCUT2D eigenvalue weighted by Crippen LogP contribution is -2.18. The Morgan fingerprint density at radius 2 is 0.556 bits per heavy atom. The molecule has 0 amide bonds. The van der Waals surface area contributed by atoms with Gasteiger partial charge in [-0.1, -0.05) is 36.4 Å². The average Bonchev–Trinajstić information content (AvgIpc) is 3.26. The predicted octanol–water partition coefficient (Wildman–Crippen LogP) is 6.63. The van der Waals surface area contributed by atoms with Crippen LogP contribution in [0.4, 0.5) is 34.9 Å².